The predicted octanol–water partition coefficient (Wildman–Crippen LogP) is 3.45. The number of carbonyl (C=O) groups is 1. The topological polar surface area (TPSA) is 71.1 Å². The molecule has 1 fully saturated rings. The molecule has 3 aromatic rings. The largest absolute Gasteiger partial charge is 0.477 e. The SMILES string of the molecule is CCOc1ncccc1C(=O)N1CCC[C@@H](Cc2nc3ccccc3[nH]2)C1. The number of rotatable bonds is 5. The molecule has 1 N–H and O–H groups in total. The van der Waals surface area contributed by atoms with Crippen LogP contribution in [0.3, 0.4) is 0 Å². The van der Waals surface area contributed by atoms with Crippen molar-refractivity contribution >= 4 is 16.9 Å². The highest BCUT2D eigenvalue weighted by atomic mass is 16.5. The van der Waals surface area contributed by atoms with E-state index < -0.39 is 0 Å². The number of benzene rings is 1. The van der Waals surface area contributed by atoms with Crippen molar-refractivity contribution in [2.24, 2.45) is 5.92 Å². The van der Waals surface area contributed by atoms with E-state index in [2.05, 4.69) is 15.0 Å². The van der Waals surface area contributed by atoms with Gasteiger partial charge < -0.3 is 14.6 Å². The molecule has 1 atom stereocenters. The Kier molecular flexibility index (Phi) is 5.05. The number of nitrogens with zero attached hydrogens (tertiary/aromatic N) is 3. The van der Waals surface area contributed by atoms with E-state index in [4.69, 9.17) is 4.74 Å². The molecular formula is C21H24N4O2. The van der Waals surface area contributed by atoms with Gasteiger partial charge in [-0.05, 0) is 49.9 Å². The van der Waals surface area contributed by atoms with Gasteiger partial charge in [0.25, 0.3) is 5.91 Å². The van der Waals surface area contributed by atoms with E-state index in [-0.39, 0.29) is 5.91 Å². The maximum absolute atomic E-state index is 13.0. The third kappa shape index (κ3) is 3.79. The van der Waals surface area contributed by atoms with E-state index in [0.29, 0.717) is 24.0 Å². The van der Waals surface area contributed by atoms with E-state index in [9.17, 15) is 4.79 Å². The van der Waals surface area contributed by atoms with Crippen molar-refractivity contribution in [1.82, 2.24) is 19.9 Å². The maximum atomic E-state index is 13.0. The van der Waals surface area contributed by atoms with Gasteiger partial charge >= 0.3 is 0 Å². The second-order valence-electron chi connectivity index (χ2n) is 6.95. The number of H-pyrrole nitrogens is 1. The summed E-state index contributed by atoms with van der Waals surface area (Å²) in [6.07, 6.45) is 4.61. The number of imidazole rings is 1. The molecule has 0 aliphatic carbocycles. The number of piperidine rings is 1. The number of aromatic nitrogens is 3. The maximum Gasteiger partial charge on any atom is 0.259 e. The predicted molar refractivity (Wildman–Crippen MR) is 104 cm³/mol. The smallest absolute Gasteiger partial charge is 0.259 e. The van der Waals surface area contributed by atoms with Gasteiger partial charge in [-0.15, -0.1) is 0 Å². The Balaban J connectivity index is 1.47. The molecule has 0 spiro atoms. The summed E-state index contributed by atoms with van der Waals surface area (Å²) in [6, 6.07) is 11.6. The molecule has 0 radical (unpaired) electrons. The average Bonchev–Trinajstić information content (AvgIpc) is 3.10. The zero-order chi connectivity index (χ0) is 18.6. The van der Waals surface area contributed by atoms with Crippen LogP contribution in [0.5, 0.6) is 5.88 Å². The van der Waals surface area contributed by atoms with Gasteiger partial charge in [-0.2, -0.15) is 0 Å². The highest BCUT2D eigenvalue weighted by Gasteiger charge is 2.27. The Morgan fingerprint density at radius 3 is 3.04 bits per heavy atom. The first-order chi connectivity index (χ1) is 13.2. The van der Waals surface area contributed by atoms with Crippen LogP contribution in [0.1, 0.15) is 35.9 Å². The van der Waals surface area contributed by atoms with Crippen molar-refractivity contribution in [2.75, 3.05) is 19.7 Å². The Bertz CT molecular complexity index is 904. The molecule has 1 amide bonds. The third-order valence-electron chi connectivity index (χ3n) is 5.01. The number of likely N-dealkylation sites (tertiary alicyclic amines) is 1. The molecule has 0 unspecified atom stereocenters. The van der Waals surface area contributed by atoms with Gasteiger partial charge in [0.1, 0.15) is 11.4 Å². The number of pyridine rings is 1. The van der Waals surface area contributed by atoms with Crippen molar-refractivity contribution in [3.05, 3.63) is 54.0 Å². The summed E-state index contributed by atoms with van der Waals surface area (Å²) in [5, 5.41) is 0. The normalized spacial score (nSPS) is 17.2. The lowest BCUT2D eigenvalue weighted by molar-refractivity contribution is 0.0667. The van der Waals surface area contributed by atoms with Gasteiger partial charge in [0.2, 0.25) is 5.88 Å². The minimum atomic E-state index is 0.000793. The molecule has 1 aromatic carbocycles. The first kappa shape index (κ1) is 17.5. The molecule has 1 aliphatic rings. The molecule has 4 rings (SSSR count). The van der Waals surface area contributed by atoms with Gasteiger partial charge in [0, 0.05) is 25.7 Å². The summed E-state index contributed by atoms with van der Waals surface area (Å²) < 4.78 is 5.53. The molecule has 1 aliphatic heterocycles. The van der Waals surface area contributed by atoms with Crippen molar-refractivity contribution in [2.45, 2.75) is 26.2 Å². The van der Waals surface area contributed by atoms with Crippen LogP contribution in [0.25, 0.3) is 11.0 Å². The van der Waals surface area contributed by atoms with Crippen molar-refractivity contribution < 1.29 is 9.53 Å². The number of fused-ring (bicyclic) bond motifs is 1. The lowest BCUT2D eigenvalue weighted by Crippen LogP contribution is -2.40. The lowest BCUT2D eigenvalue weighted by Gasteiger charge is -2.32. The van der Waals surface area contributed by atoms with Gasteiger partial charge in [-0.25, -0.2) is 9.97 Å². The zero-order valence-corrected chi connectivity index (χ0v) is 15.5. The fourth-order valence-corrected chi connectivity index (χ4v) is 3.77. The molecule has 0 saturated carbocycles. The number of aromatic amines is 1. The van der Waals surface area contributed by atoms with E-state index in [1.54, 1.807) is 18.3 Å². The Labute approximate surface area is 158 Å². The summed E-state index contributed by atoms with van der Waals surface area (Å²) >= 11 is 0. The van der Waals surface area contributed by atoms with Crippen LogP contribution in [0, 0.1) is 5.92 Å². The van der Waals surface area contributed by atoms with Gasteiger partial charge in [0.15, 0.2) is 0 Å². The van der Waals surface area contributed by atoms with Gasteiger partial charge in [0.05, 0.1) is 17.6 Å². The molecule has 140 valence electrons. The van der Waals surface area contributed by atoms with E-state index in [1.807, 2.05) is 36.1 Å². The van der Waals surface area contributed by atoms with E-state index in [1.165, 1.54) is 0 Å². The second kappa shape index (κ2) is 7.78. The van der Waals surface area contributed by atoms with Crippen LogP contribution >= 0.6 is 0 Å². The fourth-order valence-electron chi connectivity index (χ4n) is 3.77. The number of hydrogen-bond acceptors (Lipinski definition) is 4. The highest BCUT2D eigenvalue weighted by molar-refractivity contribution is 5.96. The number of carbonyl (C=O) groups excluding carboxylic acids is 1. The molecular weight excluding hydrogens is 340 g/mol. The van der Waals surface area contributed by atoms with Crippen LogP contribution in [0.2, 0.25) is 0 Å². The average molecular weight is 364 g/mol. The first-order valence-corrected chi connectivity index (χ1v) is 9.55. The van der Waals surface area contributed by atoms with Crippen LogP contribution in [-0.2, 0) is 6.42 Å². The summed E-state index contributed by atoms with van der Waals surface area (Å²) in [4.78, 5) is 27.2. The molecule has 6 nitrogen and oxygen atoms in total. The number of hydrogen-bond donors (Lipinski definition) is 1. The van der Waals surface area contributed by atoms with Gasteiger partial charge in [-0.3, -0.25) is 4.79 Å². The lowest BCUT2D eigenvalue weighted by atomic mass is 9.94. The van der Waals surface area contributed by atoms with Crippen molar-refractivity contribution in [3.63, 3.8) is 0 Å². The molecule has 2 aromatic heterocycles. The molecule has 3 heterocycles. The Morgan fingerprint density at radius 2 is 2.19 bits per heavy atom. The minimum Gasteiger partial charge on any atom is -0.477 e. The van der Waals surface area contributed by atoms with E-state index in [0.717, 1.165) is 49.2 Å². The van der Waals surface area contributed by atoms with Crippen LogP contribution < -0.4 is 4.74 Å². The highest BCUT2D eigenvalue weighted by Crippen LogP contribution is 2.24. The summed E-state index contributed by atoms with van der Waals surface area (Å²) in [7, 11) is 0. The first-order valence-electron chi connectivity index (χ1n) is 9.55. The minimum absolute atomic E-state index is 0.000793. The molecule has 27 heavy (non-hydrogen) atoms. The van der Waals surface area contributed by atoms with Crippen LogP contribution in [0.15, 0.2) is 42.6 Å². The summed E-state index contributed by atoms with van der Waals surface area (Å²) in [6.45, 7) is 3.89. The molecule has 0 bridgehead atoms. The molecule has 1 saturated heterocycles. The Hall–Kier alpha value is -2.89. The third-order valence-corrected chi connectivity index (χ3v) is 5.01. The number of ether oxygens (including phenoxy) is 1. The number of para-hydroxylation sites is 2. The summed E-state index contributed by atoms with van der Waals surface area (Å²) in [5.41, 5.74) is 2.60. The van der Waals surface area contributed by atoms with E-state index >= 15 is 0 Å². The zero-order valence-electron chi connectivity index (χ0n) is 15.5. The Morgan fingerprint density at radius 1 is 1.30 bits per heavy atom. The molecule has 6 heteroatoms. The summed E-state index contributed by atoms with van der Waals surface area (Å²) in [5.74, 6) is 1.81. The standard InChI is InChI=1S/C21H24N4O2/c1-2-27-20-16(8-5-11-22-20)21(26)25-12-6-7-15(14-25)13-19-23-17-9-3-4-10-18(17)24-19/h3-5,8-11,15H,2,6-7,12-14H2,1H3,(H,23,24)/t15-/m0/s1. The fraction of sp³-hybridized carbons (Fsp3) is 0.381. The van der Waals surface area contributed by atoms with Crippen molar-refractivity contribution in [1.29, 1.82) is 0 Å². The number of amides is 1. The quantitative estimate of drug-likeness (QED) is 0.753. The second-order valence-corrected chi connectivity index (χ2v) is 6.95. The van der Waals surface area contributed by atoms with Gasteiger partial charge in [-0.1, -0.05) is 12.1 Å². The monoisotopic (exact) mass is 364 g/mol. The van der Waals surface area contributed by atoms with Crippen LogP contribution in [-0.4, -0.2) is 45.5 Å². The van der Waals surface area contributed by atoms with Crippen molar-refractivity contribution in [3.8, 4) is 5.88 Å². The number of nitrogens with one attached hydrogen (secondary N) is 1. The van der Waals surface area contributed by atoms with Crippen LogP contribution in [0.4, 0.5) is 0 Å².